The van der Waals surface area contributed by atoms with Gasteiger partial charge in [-0.1, -0.05) is 60.2 Å². The third-order valence-electron chi connectivity index (χ3n) is 5.73. The predicted octanol–water partition coefficient (Wildman–Crippen LogP) is 5.38. The number of ketones is 2. The van der Waals surface area contributed by atoms with Crippen LogP contribution in [0.2, 0.25) is 0 Å². The highest BCUT2D eigenvalue weighted by Gasteiger charge is 2.48. The number of rotatable bonds is 7. The first-order valence-electron chi connectivity index (χ1n) is 11.3. The number of ether oxygens (including phenoxy) is 1. The molecule has 1 atom stereocenters. The van der Waals surface area contributed by atoms with Gasteiger partial charge >= 0.3 is 5.91 Å². The largest absolute Gasteiger partial charge is 0.507 e. The lowest BCUT2D eigenvalue weighted by Gasteiger charge is -2.23. The van der Waals surface area contributed by atoms with Gasteiger partial charge in [0.25, 0.3) is 5.78 Å². The summed E-state index contributed by atoms with van der Waals surface area (Å²) >= 11 is 1.06. The van der Waals surface area contributed by atoms with Crippen molar-refractivity contribution in [2.24, 2.45) is 0 Å². The number of nitrogens with zero attached hydrogens (tertiary/aromatic N) is 2. The van der Waals surface area contributed by atoms with Crippen LogP contribution in [0.5, 0.6) is 5.75 Å². The number of anilines is 1. The van der Waals surface area contributed by atoms with Crippen molar-refractivity contribution < 1.29 is 24.2 Å². The number of hydrogen-bond donors (Lipinski definition) is 1. The van der Waals surface area contributed by atoms with Gasteiger partial charge in [0.2, 0.25) is 0 Å². The quantitative estimate of drug-likeness (QED) is 0.207. The van der Waals surface area contributed by atoms with Crippen LogP contribution in [0.4, 0.5) is 5.13 Å². The van der Waals surface area contributed by atoms with E-state index in [4.69, 9.17) is 4.74 Å². The maximum absolute atomic E-state index is 13.3. The Morgan fingerprint density at radius 2 is 1.86 bits per heavy atom. The summed E-state index contributed by atoms with van der Waals surface area (Å²) in [6, 6.07) is 13.2. The SMILES string of the molecule is CCCOc1cccc(C2C(=C(O)c3ccc(C)cc3)C(=O)C(=O)N2c2nc(C)c(C(C)=O)s2)c1. The smallest absolute Gasteiger partial charge is 0.301 e. The second-order valence-corrected chi connectivity index (χ2v) is 9.40. The summed E-state index contributed by atoms with van der Waals surface area (Å²) in [5, 5.41) is 11.5. The van der Waals surface area contributed by atoms with Crippen LogP contribution in [-0.2, 0) is 9.59 Å². The van der Waals surface area contributed by atoms with Gasteiger partial charge in [0, 0.05) is 12.5 Å². The highest BCUT2D eigenvalue weighted by molar-refractivity contribution is 7.18. The van der Waals surface area contributed by atoms with Crippen LogP contribution in [0.3, 0.4) is 0 Å². The minimum Gasteiger partial charge on any atom is -0.507 e. The molecule has 3 aromatic rings. The number of benzene rings is 2. The molecule has 1 fully saturated rings. The summed E-state index contributed by atoms with van der Waals surface area (Å²) in [4.78, 5) is 44.8. The second-order valence-electron chi connectivity index (χ2n) is 8.42. The Balaban J connectivity index is 1.92. The van der Waals surface area contributed by atoms with Crippen molar-refractivity contribution in [2.45, 2.75) is 40.2 Å². The van der Waals surface area contributed by atoms with E-state index in [2.05, 4.69) is 4.98 Å². The van der Waals surface area contributed by atoms with Gasteiger partial charge in [-0.3, -0.25) is 19.3 Å². The number of aliphatic hydroxyl groups is 1. The third-order valence-corrected chi connectivity index (χ3v) is 6.98. The topological polar surface area (TPSA) is 96.8 Å². The van der Waals surface area contributed by atoms with E-state index < -0.39 is 17.7 Å². The second kappa shape index (κ2) is 9.84. The molecule has 2 heterocycles. The standard InChI is InChI=1S/C27H26N2O5S/c1-5-13-34-20-8-6-7-19(14-20)22-21(23(31)18-11-9-15(2)10-12-18)24(32)26(33)29(22)27-28-16(3)25(35-27)17(4)30/h6-12,14,22,31H,5,13H2,1-4H3. The first-order valence-corrected chi connectivity index (χ1v) is 12.1. The Morgan fingerprint density at radius 1 is 1.14 bits per heavy atom. The zero-order chi connectivity index (χ0) is 25.3. The molecule has 0 aliphatic carbocycles. The Morgan fingerprint density at radius 3 is 2.49 bits per heavy atom. The normalized spacial score (nSPS) is 17.1. The predicted molar refractivity (Wildman–Crippen MR) is 135 cm³/mol. The van der Waals surface area contributed by atoms with Gasteiger partial charge in [0.05, 0.1) is 28.8 Å². The Hall–Kier alpha value is -3.78. The van der Waals surface area contributed by atoms with Crippen molar-refractivity contribution in [1.29, 1.82) is 0 Å². The van der Waals surface area contributed by atoms with Crippen molar-refractivity contribution >= 4 is 39.7 Å². The molecule has 1 aliphatic heterocycles. The fourth-order valence-electron chi connectivity index (χ4n) is 4.02. The van der Waals surface area contributed by atoms with E-state index in [-0.39, 0.29) is 22.2 Å². The molecule has 0 saturated carbocycles. The van der Waals surface area contributed by atoms with Crippen LogP contribution in [0.25, 0.3) is 5.76 Å². The van der Waals surface area contributed by atoms with Crippen molar-refractivity contribution in [1.82, 2.24) is 4.98 Å². The molecule has 1 amide bonds. The van der Waals surface area contributed by atoms with Crippen LogP contribution in [-0.4, -0.2) is 34.2 Å². The molecule has 7 nitrogen and oxygen atoms in total. The lowest BCUT2D eigenvalue weighted by molar-refractivity contribution is -0.132. The number of carbonyl (C=O) groups excluding carboxylic acids is 3. The average molecular weight is 491 g/mol. The molecule has 2 aromatic carbocycles. The van der Waals surface area contributed by atoms with E-state index in [0.717, 1.165) is 23.3 Å². The van der Waals surface area contributed by atoms with E-state index in [9.17, 15) is 19.5 Å². The van der Waals surface area contributed by atoms with E-state index in [1.165, 1.54) is 11.8 Å². The summed E-state index contributed by atoms with van der Waals surface area (Å²) in [5.41, 5.74) is 2.45. The van der Waals surface area contributed by atoms with Crippen LogP contribution in [0.15, 0.2) is 54.1 Å². The summed E-state index contributed by atoms with van der Waals surface area (Å²) in [5.74, 6) is -1.48. The molecule has 0 spiro atoms. The van der Waals surface area contributed by atoms with E-state index in [1.54, 1.807) is 43.3 Å². The molecule has 4 rings (SSSR count). The van der Waals surface area contributed by atoms with E-state index in [0.29, 0.717) is 34.1 Å². The zero-order valence-corrected chi connectivity index (χ0v) is 20.8. The van der Waals surface area contributed by atoms with Gasteiger partial charge in [-0.05, 0) is 38.0 Å². The number of thiazole rings is 1. The van der Waals surface area contributed by atoms with Gasteiger partial charge in [0.15, 0.2) is 10.9 Å². The van der Waals surface area contributed by atoms with Gasteiger partial charge in [0.1, 0.15) is 11.5 Å². The number of Topliss-reactive ketones (excluding diaryl/α,β-unsaturated/α-hetero) is 2. The lowest BCUT2D eigenvalue weighted by Crippen LogP contribution is -2.29. The third kappa shape index (κ3) is 4.61. The number of aryl methyl sites for hydroxylation is 2. The lowest BCUT2D eigenvalue weighted by atomic mass is 9.95. The van der Waals surface area contributed by atoms with Crippen LogP contribution < -0.4 is 9.64 Å². The molecule has 1 N–H and O–H groups in total. The maximum atomic E-state index is 13.3. The fraction of sp³-hybridized carbons (Fsp3) is 0.259. The Labute approximate surface area is 207 Å². The fourth-order valence-corrected chi connectivity index (χ4v) is 5.01. The molecule has 1 aromatic heterocycles. The van der Waals surface area contributed by atoms with Gasteiger partial charge in [-0.25, -0.2) is 4.98 Å². The Bertz CT molecular complexity index is 1340. The number of carbonyl (C=O) groups is 3. The van der Waals surface area contributed by atoms with Gasteiger partial charge < -0.3 is 9.84 Å². The number of amides is 1. The number of aromatic nitrogens is 1. The summed E-state index contributed by atoms with van der Waals surface area (Å²) in [6.45, 7) is 7.55. The molecule has 1 saturated heterocycles. The number of hydrogen-bond acceptors (Lipinski definition) is 7. The maximum Gasteiger partial charge on any atom is 0.301 e. The first-order chi connectivity index (χ1) is 16.7. The highest BCUT2D eigenvalue weighted by Crippen LogP contribution is 2.44. The van der Waals surface area contributed by atoms with Crippen molar-refractivity contribution in [3.63, 3.8) is 0 Å². The molecule has 1 aliphatic rings. The molecule has 8 heteroatoms. The summed E-state index contributed by atoms with van der Waals surface area (Å²) < 4.78 is 5.77. The molecular formula is C27H26N2O5S. The van der Waals surface area contributed by atoms with Gasteiger partial charge in [-0.15, -0.1) is 0 Å². The molecule has 35 heavy (non-hydrogen) atoms. The molecule has 0 radical (unpaired) electrons. The van der Waals surface area contributed by atoms with Crippen LogP contribution in [0.1, 0.15) is 58.4 Å². The van der Waals surface area contributed by atoms with Crippen molar-refractivity contribution in [3.05, 3.63) is 81.4 Å². The average Bonchev–Trinajstić information content (AvgIpc) is 3.35. The zero-order valence-electron chi connectivity index (χ0n) is 20.0. The van der Waals surface area contributed by atoms with Gasteiger partial charge in [-0.2, -0.15) is 0 Å². The van der Waals surface area contributed by atoms with E-state index >= 15 is 0 Å². The summed E-state index contributed by atoms with van der Waals surface area (Å²) in [7, 11) is 0. The monoisotopic (exact) mass is 490 g/mol. The van der Waals surface area contributed by atoms with E-state index in [1.807, 2.05) is 26.0 Å². The summed E-state index contributed by atoms with van der Waals surface area (Å²) in [6.07, 6.45) is 0.822. The molecule has 1 unspecified atom stereocenters. The van der Waals surface area contributed by atoms with Crippen molar-refractivity contribution in [3.8, 4) is 5.75 Å². The molecule has 0 bridgehead atoms. The first kappa shape index (κ1) is 24.3. The van der Waals surface area contributed by atoms with Crippen LogP contribution >= 0.6 is 11.3 Å². The molecular weight excluding hydrogens is 464 g/mol. The van der Waals surface area contributed by atoms with Crippen LogP contribution in [0, 0.1) is 13.8 Å². The molecule has 180 valence electrons. The minimum absolute atomic E-state index is 0.0382. The Kier molecular flexibility index (Phi) is 6.84. The number of aliphatic hydroxyl groups excluding tert-OH is 1. The highest BCUT2D eigenvalue weighted by atomic mass is 32.1. The minimum atomic E-state index is -0.938. The van der Waals surface area contributed by atoms with Crippen molar-refractivity contribution in [2.75, 3.05) is 11.5 Å².